The van der Waals surface area contributed by atoms with Gasteiger partial charge in [-0.2, -0.15) is 5.26 Å². The van der Waals surface area contributed by atoms with Crippen LogP contribution < -0.4 is 4.74 Å². The summed E-state index contributed by atoms with van der Waals surface area (Å²) in [5.41, 5.74) is 0.412. The minimum absolute atomic E-state index is 0.0339. The number of halogens is 1. The van der Waals surface area contributed by atoms with Gasteiger partial charge in [0.1, 0.15) is 24.2 Å². The van der Waals surface area contributed by atoms with Gasteiger partial charge in [0, 0.05) is 5.56 Å². The zero-order valence-corrected chi connectivity index (χ0v) is 10.9. The monoisotopic (exact) mass is 271 g/mol. The van der Waals surface area contributed by atoms with Crippen LogP contribution in [0.5, 0.6) is 5.75 Å². The number of hydrogen-bond acceptors (Lipinski definition) is 3. The molecule has 3 nitrogen and oxygen atoms in total. The van der Waals surface area contributed by atoms with Gasteiger partial charge in [0.05, 0.1) is 18.8 Å². The fraction of sp³-hybridized carbons (Fsp3) is 0.188. The van der Waals surface area contributed by atoms with Crippen LogP contribution in [0.3, 0.4) is 0 Å². The highest BCUT2D eigenvalue weighted by Gasteiger charge is 2.07. The van der Waals surface area contributed by atoms with Gasteiger partial charge in [-0.25, -0.2) is 4.39 Å². The van der Waals surface area contributed by atoms with Crippen molar-refractivity contribution in [2.24, 2.45) is 0 Å². The van der Waals surface area contributed by atoms with Gasteiger partial charge in [-0.15, -0.1) is 0 Å². The average molecular weight is 271 g/mol. The summed E-state index contributed by atoms with van der Waals surface area (Å²) in [6.45, 7) is 0.869. The summed E-state index contributed by atoms with van der Waals surface area (Å²) in [4.78, 5) is 0. The molecule has 2 aromatic carbocycles. The maximum Gasteiger partial charge on any atom is 0.146 e. The van der Waals surface area contributed by atoms with E-state index in [1.807, 2.05) is 30.3 Å². The maximum absolute atomic E-state index is 13.7. The molecular formula is C16H14FNO2. The lowest BCUT2D eigenvalue weighted by atomic mass is 10.1. The molecule has 0 saturated carbocycles. The van der Waals surface area contributed by atoms with Crippen LogP contribution in [0.2, 0.25) is 0 Å². The Kier molecular flexibility index (Phi) is 5.10. The summed E-state index contributed by atoms with van der Waals surface area (Å²) in [5, 5.41) is 8.73. The summed E-state index contributed by atoms with van der Waals surface area (Å²) in [7, 11) is 0. The molecule has 0 unspecified atom stereocenters. The average Bonchev–Trinajstić information content (AvgIpc) is 2.49. The van der Waals surface area contributed by atoms with Crippen molar-refractivity contribution in [2.75, 3.05) is 13.2 Å². The second kappa shape index (κ2) is 7.27. The third-order valence-electron chi connectivity index (χ3n) is 2.70. The Morgan fingerprint density at radius 3 is 2.55 bits per heavy atom. The predicted octanol–water partition coefficient (Wildman–Crippen LogP) is 3.29. The van der Waals surface area contributed by atoms with Crippen LogP contribution in [-0.2, 0) is 11.3 Å². The van der Waals surface area contributed by atoms with Gasteiger partial charge >= 0.3 is 0 Å². The molecule has 0 N–H and O–H groups in total. The molecule has 0 amide bonds. The largest absolute Gasteiger partial charge is 0.491 e. The number of hydrogen-bond donors (Lipinski definition) is 0. The first-order chi connectivity index (χ1) is 9.81. The van der Waals surface area contributed by atoms with Crippen molar-refractivity contribution >= 4 is 0 Å². The van der Waals surface area contributed by atoms with E-state index >= 15 is 0 Å². The molecule has 20 heavy (non-hydrogen) atoms. The van der Waals surface area contributed by atoms with Crippen molar-refractivity contribution in [1.82, 2.24) is 0 Å². The highest BCUT2D eigenvalue weighted by Crippen LogP contribution is 2.13. The highest BCUT2D eigenvalue weighted by molar-refractivity contribution is 5.34. The molecule has 0 aliphatic carbocycles. The van der Waals surface area contributed by atoms with E-state index in [9.17, 15) is 4.39 Å². The molecule has 0 bridgehead atoms. The van der Waals surface area contributed by atoms with Crippen molar-refractivity contribution in [3.63, 3.8) is 0 Å². The molecule has 0 atom stereocenters. The number of benzene rings is 2. The van der Waals surface area contributed by atoms with E-state index in [-0.39, 0.29) is 12.2 Å². The molecule has 0 aliphatic rings. The lowest BCUT2D eigenvalue weighted by Gasteiger charge is -2.08. The lowest BCUT2D eigenvalue weighted by molar-refractivity contribution is 0.0871. The number of nitrogens with zero attached hydrogens (tertiary/aromatic N) is 1. The Morgan fingerprint density at radius 1 is 1.00 bits per heavy atom. The summed E-state index contributed by atoms with van der Waals surface area (Å²) in [6, 6.07) is 15.9. The summed E-state index contributed by atoms with van der Waals surface area (Å²) >= 11 is 0. The zero-order valence-electron chi connectivity index (χ0n) is 10.9. The number of rotatable bonds is 6. The SMILES string of the molecule is N#Cc1cccc(COCCOc2ccccc2)c1F. The molecule has 102 valence electrons. The molecule has 0 fully saturated rings. The Labute approximate surface area is 117 Å². The smallest absolute Gasteiger partial charge is 0.146 e. The van der Waals surface area contributed by atoms with Crippen molar-refractivity contribution in [1.29, 1.82) is 5.26 Å². The van der Waals surface area contributed by atoms with Gasteiger partial charge in [-0.1, -0.05) is 30.3 Å². The van der Waals surface area contributed by atoms with Crippen LogP contribution in [0.1, 0.15) is 11.1 Å². The number of ether oxygens (including phenoxy) is 2. The van der Waals surface area contributed by atoms with E-state index in [1.165, 1.54) is 6.07 Å². The van der Waals surface area contributed by atoms with Gasteiger partial charge in [-0.05, 0) is 18.2 Å². The fourth-order valence-corrected chi connectivity index (χ4v) is 1.69. The van der Waals surface area contributed by atoms with E-state index < -0.39 is 5.82 Å². The minimum atomic E-state index is -0.515. The van der Waals surface area contributed by atoms with Gasteiger partial charge in [0.25, 0.3) is 0 Å². The number of nitriles is 1. The molecule has 0 aliphatic heterocycles. The molecule has 0 spiro atoms. The molecule has 0 saturated heterocycles. The quantitative estimate of drug-likeness (QED) is 0.757. The van der Waals surface area contributed by atoms with Crippen LogP contribution in [0.25, 0.3) is 0 Å². The van der Waals surface area contributed by atoms with Crippen LogP contribution in [0, 0.1) is 17.1 Å². The summed E-state index contributed by atoms with van der Waals surface area (Å²) in [6.07, 6.45) is 0. The second-order valence-electron chi connectivity index (χ2n) is 4.10. The minimum Gasteiger partial charge on any atom is -0.491 e. The Balaban J connectivity index is 1.75. The molecule has 4 heteroatoms. The summed E-state index contributed by atoms with van der Waals surface area (Å²) < 4.78 is 24.5. The first kappa shape index (κ1) is 14.0. The van der Waals surface area contributed by atoms with Crippen molar-refractivity contribution in [2.45, 2.75) is 6.61 Å². The number of para-hydroxylation sites is 1. The van der Waals surface area contributed by atoms with E-state index in [2.05, 4.69) is 0 Å². The maximum atomic E-state index is 13.7. The Bertz CT molecular complexity index is 593. The second-order valence-corrected chi connectivity index (χ2v) is 4.10. The standard InChI is InChI=1S/C16H14FNO2/c17-16-13(11-18)5-4-6-14(16)12-19-9-10-20-15-7-2-1-3-8-15/h1-8H,9-10,12H2. The molecule has 0 radical (unpaired) electrons. The summed E-state index contributed by atoms with van der Waals surface area (Å²) in [5.74, 6) is 0.257. The zero-order chi connectivity index (χ0) is 14.2. The Morgan fingerprint density at radius 2 is 1.80 bits per heavy atom. The lowest BCUT2D eigenvalue weighted by Crippen LogP contribution is -2.07. The third-order valence-corrected chi connectivity index (χ3v) is 2.70. The van der Waals surface area contributed by atoms with Gasteiger partial charge < -0.3 is 9.47 Å². The predicted molar refractivity (Wildman–Crippen MR) is 72.7 cm³/mol. The first-order valence-corrected chi connectivity index (χ1v) is 6.24. The van der Waals surface area contributed by atoms with E-state index in [4.69, 9.17) is 14.7 Å². The van der Waals surface area contributed by atoms with E-state index in [0.29, 0.717) is 18.8 Å². The molecular weight excluding hydrogens is 257 g/mol. The van der Waals surface area contributed by atoms with Crippen LogP contribution in [-0.4, -0.2) is 13.2 Å². The third kappa shape index (κ3) is 3.81. The molecule has 0 aromatic heterocycles. The van der Waals surface area contributed by atoms with Crippen molar-refractivity contribution in [3.05, 3.63) is 65.5 Å². The topological polar surface area (TPSA) is 42.2 Å². The van der Waals surface area contributed by atoms with E-state index in [0.717, 1.165) is 5.75 Å². The van der Waals surface area contributed by atoms with Gasteiger partial charge in [-0.3, -0.25) is 0 Å². The highest BCUT2D eigenvalue weighted by atomic mass is 19.1. The van der Waals surface area contributed by atoms with E-state index in [1.54, 1.807) is 18.2 Å². The fourth-order valence-electron chi connectivity index (χ4n) is 1.69. The van der Waals surface area contributed by atoms with Gasteiger partial charge in [0.15, 0.2) is 0 Å². The van der Waals surface area contributed by atoms with Crippen LogP contribution in [0.4, 0.5) is 4.39 Å². The molecule has 0 heterocycles. The molecule has 2 aromatic rings. The van der Waals surface area contributed by atoms with Gasteiger partial charge in [0.2, 0.25) is 0 Å². The molecule has 2 rings (SSSR count). The normalized spacial score (nSPS) is 10.0. The van der Waals surface area contributed by atoms with Crippen molar-refractivity contribution in [3.8, 4) is 11.8 Å². The Hall–Kier alpha value is -2.38. The first-order valence-electron chi connectivity index (χ1n) is 6.24. The van der Waals surface area contributed by atoms with Crippen LogP contribution >= 0.6 is 0 Å². The van der Waals surface area contributed by atoms with Crippen molar-refractivity contribution < 1.29 is 13.9 Å². The van der Waals surface area contributed by atoms with Crippen LogP contribution in [0.15, 0.2) is 48.5 Å².